The van der Waals surface area contributed by atoms with E-state index in [4.69, 9.17) is 0 Å². The first-order chi connectivity index (χ1) is 14.0. The van der Waals surface area contributed by atoms with Gasteiger partial charge < -0.3 is 4.90 Å². The van der Waals surface area contributed by atoms with Crippen molar-refractivity contribution in [1.82, 2.24) is 14.5 Å². The smallest absolute Gasteiger partial charge is 0.262 e. The minimum absolute atomic E-state index is 0.0450. The van der Waals surface area contributed by atoms with E-state index in [9.17, 15) is 14.0 Å². The van der Waals surface area contributed by atoms with Crippen LogP contribution in [0.5, 0.6) is 0 Å². The lowest BCUT2D eigenvalue weighted by atomic mass is 9.97. The van der Waals surface area contributed by atoms with Crippen molar-refractivity contribution in [3.05, 3.63) is 62.8 Å². The Kier molecular flexibility index (Phi) is 5.50. The van der Waals surface area contributed by atoms with Crippen LogP contribution in [0.3, 0.4) is 0 Å². The summed E-state index contributed by atoms with van der Waals surface area (Å²) in [4.78, 5) is 33.9. The SMILES string of the molecule is C[C@@H](c1ccc(F)cc1)N(C)C(=O)CCn1cnc2sc3c(c2c1=O)CCCC3. The van der Waals surface area contributed by atoms with Gasteiger partial charge in [-0.1, -0.05) is 12.1 Å². The molecule has 0 saturated heterocycles. The Hall–Kier alpha value is -2.54. The third-order valence-electron chi connectivity index (χ3n) is 5.84. The Balaban J connectivity index is 1.49. The van der Waals surface area contributed by atoms with Gasteiger partial charge in [-0.3, -0.25) is 14.2 Å². The number of fused-ring (bicyclic) bond motifs is 3. The summed E-state index contributed by atoms with van der Waals surface area (Å²) >= 11 is 1.63. The lowest BCUT2D eigenvalue weighted by molar-refractivity contribution is -0.132. The summed E-state index contributed by atoms with van der Waals surface area (Å²) in [6.07, 6.45) is 6.01. The summed E-state index contributed by atoms with van der Waals surface area (Å²) in [7, 11) is 1.73. The molecule has 29 heavy (non-hydrogen) atoms. The molecule has 0 saturated carbocycles. The lowest BCUT2D eigenvalue weighted by Gasteiger charge is -2.25. The van der Waals surface area contributed by atoms with Crippen molar-refractivity contribution in [2.45, 2.75) is 51.6 Å². The maximum absolute atomic E-state index is 13.1. The second-order valence-corrected chi connectivity index (χ2v) is 8.70. The molecule has 1 aromatic carbocycles. The van der Waals surface area contributed by atoms with Gasteiger partial charge in [-0.05, 0) is 55.9 Å². The Morgan fingerprint density at radius 1 is 1.28 bits per heavy atom. The fraction of sp³-hybridized carbons (Fsp3) is 0.409. The van der Waals surface area contributed by atoms with Gasteiger partial charge in [0.05, 0.1) is 17.8 Å². The minimum Gasteiger partial charge on any atom is -0.339 e. The molecule has 1 aliphatic carbocycles. The van der Waals surface area contributed by atoms with Crippen molar-refractivity contribution in [3.63, 3.8) is 0 Å². The number of hydrogen-bond donors (Lipinski definition) is 0. The number of amides is 1. The molecule has 3 aromatic rings. The van der Waals surface area contributed by atoms with Crippen LogP contribution < -0.4 is 5.56 Å². The number of aryl methyl sites for hydroxylation is 3. The average Bonchev–Trinajstić information content (AvgIpc) is 3.12. The first-order valence-electron chi connectivity index (χ1n) is 9.96. The molecule has 1 atom stereocenters. The highest BCUT2D eigenvalue weighted by atomic mass is 32.1. The summed E-state index contributed by atoms with van der Waals surface area (Å²) in [6, 6.07) is 5.99. The Bertz CT molecular complexity index is 1100. The van der Waals surface area contributed by atoms with E-state index in [1.165, 1.54) is 23.4 Å². The summed E-state index contributed by atoms with van der Waals surface area (Å²) in [5.74, 6) is -0.367. The predicted molar refractivity (Wildman–Crippen MR) is 113 cm³/mol. The van der Waals surface area contributed by atoms with Crippen molar-refractivity contribution in [3.8, 4) is 0 Å². The summed E-state index contributed by atoms with van der Waals surface area (Å²) in [6.45, 7) is 2.20. The van der Waals surface area contributed by atoms with Crippen molar-refractivity contribution < 1.29 is 9.18 Å². The van der Waals surface area contributed by atoms with E-state index in [0.29, 0.717) is 6.54 Å². The number of benzene rings is 1. The topological polar surface area (TPSA) is 55.2 Å². The molecule has 0 fully saturated rings. The van der Waals surface area contributed by atoms with Gasteiger partial charge >= 0.3 is 0 Å². The number of rotatable bonds is 5. The summed E-state index contributed by atoms with van der Waals surface area (Å²) in [5.41, 5.74) is 1.99. The van der Waals surface area contributed by atoms with Gasteiger partial charge in [-0.2, -0.15) is 0 Å². The van der Waals surface area contributed by atoms with Gasteiger partial charge in [0.2, 0.25) is 5.91 Å². The number of thiophene rings is 1. The van der Waals surface area contributed by atoms with Crippen LogP contribution in [0.15, 0.2) is 35.4 Å². The average molecular weight is 414 g/mol. The molecule has 1 amide bonds. The predicted octanol–water partition coefficient (Wildman–Crippen LogP) is 4.09. The van der Waals surface area contributed by atoms with Gasteiger partial charge in [-0.15, -0.1) is 11.3 Å². The molecule has 0 N–H and O–H groups in total. The lowest BCUT2D eigenvalue weighted by Crippen LogP contribution is -2.31. The first kappa shape index (κ1) is 19.8. The van der Waals surface area contributed by atoms with Gasteiger partial charge in [0, 0.05) is 24.9 Å². The third-order valence-corrected chi connectivity index (χ3v) is 7.03. The second kappa shape index (κ2) is 8.06. The first-order valence-corrected chi connectivity index (χ1v) is 10.8. The second-order valence-electron chi connectivity index (χ2n) is 7.62. The molecule has 7 heteroatoms. The van der Waals surface area contributed by atoms with Crippen LogP contribution in [0.2, 0.25) is 0 Å². The van der Waals surface area contributed by atoms with Gasteiger partial charge in [0.15, 0.2) is 0 Å². The standard InChI is InChI=1S/C22H24FN3O2S/c1-14(15-7-9-16(23)10-8-15)25(2)19(27)11-12-26-13-24-21-20(22(26)28)17-5-3-4-6-18(17)29-21/h7-10,13-14H,3-6,11-12H2,1-2H3/t14-/m0/s1. The monoisotopic (exact) mass is 413 g/mol. The van der Waals surface area contributed by atoms with Crippen LogP contribution in [0.1, 0.15) is 48.2 Å². The van der Waals surface area contributed by atoms with Gasteiger partial charge in [-0.25, -0.2) is 9.37 Å². The molecule has 0 unspecified atom stereocenters. The molecule has 0 aliphatic heterocycles. The van der Waals surface area contributed by atoms with Crippen LogP contribution in [-0.2, 0) is 24.2 Å². The van der Waals surface area contributed by atoms with Crippen molar-refractivity contribution >= 4 is 27.5 Å². The van der Waals surface area contributed by atoms with E-state index in [-0.39, 0.29) is 29.7 Å². The summed E-state index contributed by atoms with van der Waals surface area (Å²) < 4.78 is 14.7. The van der Waals surface area contributed by atoms with E-state index in [1.54, 1.807) is 46.3 Å². The number of halogens is 1. The van der Waals surface area contributed by atoms with Crippen LogP contribution in [0.4, 0.5) is 4.39 Å². The highest BCUT2D eigenvalue weighted by Crippen LogP contribution is 2.33. The van der Waals surface area contributed by atoms with E-state index in [2.05, 4.69) is 4.98 Å². The van der Waals surface area contributed by atoms with E-state index < -0.39 is 0 Å². The number of nitrogens with zero attached hydrogens (tertiary/aromatic N) is 3. The Morgan fingerprint density at radius 2 is 2.00 bits per heavy atom. The highest BCUT2D eigenvalue weighted by molar-refractivity contribution is 7.18. The maximum atomic E-state index is 13.1. The van der Waals surface area contributed by atoms with Crippen LogP contribution in [0, 0.1) is 5.82 Å². The fourth-order valence-corrected chi connectivity index (χ4v) is 5.13. The molecule has 0 radical (unpaired) electrons. The molecular formula is C22H24FN3O2S. The van der Waals surface area contributed by atoms with Crippen LogP contribution in [-0.4, -0.2) is 27.4 Å². The molecule has 1 aliphatic rings. The molecule has 152 valence electrons. The zero-order valence-electron chi connectivity index (χ0n) is 16.7. The molecule has 2 heterocycles. The van der Waals surface area contributed by atoms with Crippen LogP contribution in [0.25, 0.3) is 10.2 Å². The van der Waals surface area contributed by atoms with E-state index in [0.717, 1.165) is 40.6 Å². The zero-order chi connectivity index (χ0) is 20.5. The molecule has 2 aromatic heterocycles. The fourth-order valence-electron chi connectivity index (χ4n) is 3.91. The number of carbonyl (C=O) groups is 1. The normalized spacial score (nSPS) is 14.6. The molecule has 4 rings (SSSR count). The largest absolute Gasteiger partial charge is 0.339 e. The van der Waals surface area contributed by atoms with Gasteiger partial charge in [0.25, 0.3) is 5.56 Å². The van der Waals surface area contributed by atoms with Crippen LogP contribution >= 0.6 is 11.3 Å². The Labute approximate surface area is 172 Å². The number of carbonyl (C=O) groups excluding carboxylic acids is 1. The quantitative estimate of drug-likeness (QED) is 0.633. The van der Waals surface area contributed by atoms with E-state index >= 15 is 0 Å². The molecule has 0 bridgehead atoms. The summed E-state index contributed by atoms with van der Waals surface area (Å²) in [5, 5.41) is 0.743. The maximum Gasteiger partial charge on any atom is 0.262 e. The highest BCUT2D eigenvalue weighted by Gasteiger charge is 2.21. The Morgan fingerprint density at radius 3 is 2.76 bits per heavy atom. The molecule has 5 nitrogen and oxygen atoms in total. The third kappa shape index (κ3) is 3.83. The zero-order valence-corrected chi connectivity index (χ0v) is 17.5. The minimum atomic E-state index is -0.298. The number of aromatic nitrogens is 2. The van der Waals surface area contributed by atoms with Gasteiger partial charge in [0.1, 0.15) is 10.6 Å². The number of hydrogen-bond acceptors (Lipinski definition) is 4. The van der Waals surface area contributed by atoms with Crippen molar-refractivity contribution in [2.75, 3.05) is 7.05 Å². The molecule has 0 spiro atoms. The molecular weight excluding hydrogens is 389 g/mol. The van der Waals surface area contributed by atoms with Crippen molar-refractivity contribution in [2.24, 2.45) is 0 Å². The van der Waals surface area contributed by atoms with Crippen molar-refractivity contribution in [1.29, 1.82) is 0 Å². The van der Waals surface area contributed by atoms with E-state index in [1.807, 2.05) is 6.92 Å².